The molecule has 0 spiro atoms. The average Bonchev–Trinajstić information content (AvgIpc) is 3.09. The van der Waals surface area contributed by atoms with E-state index < -0.39 is 30.0 Å². The normalized spacial score (nSPS) is 13.6. The molecule has 1 saturated heterocycles. The van der Waals surface area contributed by atoms with Crippen LogP contribution in [0.5, 0.6) is 5.75 Å². The minimum absolute atomic E-state index is 0.0778. The van der Waals surface area contributed by atoms with Gasteiger partial charge in [-0.15, -0.1) is 0 Å². The number of nitrogens with zero attached hydrogens (tertiary/aromatic N) is 1. The summed E-state index contributed by atoms with van der Waals surface area (Å²) < 4.78 is 11.2. The molecule has 0 radical (unpaired) electrons. The molecule has 8 heteroatoms. The molecule has 1 N–H and O–H groups in total. The summed E-state index contributed by atoms with van der Waals surface area (Å²) in [6.45, 7) is 3.22. The Kier molecular flexibility index (Phi) is 5.77. The van der Waals surface area contributed by atoms with E-state index in [4.69, 9.17) is 9.15 Å². The first-order chi connectivity index (χ1) is 15.3. The third-order valence-corrected chi connectivity index (χ3v) is 5.52. The predicted molar refractivity (Wildman–Crippen MR) is 116 cm³/mol. The van der Waals surface area contributed by atoms with E-state index in [2.05, 4.69) is 5.43 Å². The lowest BCUT2D eigenvalue weighted by molar-refractivity contribution is -0.148. The van der Waals surface area contributed by atoms with Crippen molar-refractivity contribution in [3.8, 4) is 5.75 Å². The number of amides is 3. The highest BCUT2D eigenvalue weighted by atomic mass is 16.5. The van der Waals surface area contributed by atoms with Gasteiger partial charge in [-0.25, -0.2) is 4.79 Å². The SMILES string of the molecule is Cc1c(Cc2ccccc2)c(=O)oc2c(C)c(OCC(=O)NN3C(=O)CCC3=O)ccc12. The Morgan fingerprint density at radius 2 is 1.69 bits per heavy atom. The monoisotopic (exact) mass is 434 g/mol. The van der Waals surface area contributed by atoms with Crippen LogP contribution in [-0.2, 0) is 20.8 Å². The largest absolute Gasteiger partial charge is 0.483 e. The number of hydrogen-bond donors (Lipinski definition) is 1. The number of carbonyl (C=O) groups excluding carboxylic acids is 3. The molecule has 3 aromatic rings. The Morgan fingerprint density at radius 3 is 2.38 bits per heavy atom. The average molecular weight is 434 g/mol. The highest BCUT2D eigenvalue weighted by Gasteiger charge is 2.30. The summed E-state index contributed by atoms with van der Waals surface area (Å²) in [6.07, 6.45) is 0.624. The van der Waals surface area contributed by atoms with E-state index in [0.717, 1.165) is 21.5 Å². The van der Waals surface area contributed by atoms with Gasteiger partial charge < -0.3 is 9.15 Å². The molecule has 8 nitrogen and oxygen atoms in total. The maximum absolute atomic E-state index is 12.7. The van der Waals surface area contributed by atoms with Crippen LogP contribution < -0.4 is 15.8 Å². The third kappa shape index (κ3) is 4.12. The quantitative estimate of drug-likeness (QED) is 0.472. The Morgan fingerprint density at radius 1 is 1.00 bits per heavy atom. The zero-order valence-electron chi connectivity index (χ0n) is 17.8. The second-order valence-electron chi connectivity index (χ2n) is 7.67. The van der Waals surface area contributed by atoms with E-state index in [1.807, 2.05) is 37.3 Å². The van der Waals surface area contributed by atoms with Crippen molar-refractivity contribution < 1.29 is 23.5 Å². The molecule has 0 aliphatic carbocycles. The number of carbonyl (C=O) groups is 3. The number of rotatable bonds is 6. The molecule has 2 heterocycles. The molecule has 2 aromatic carbocycles. The van der Waals surface area contributed by atoms with Gasteiger partial charge in [0.1, 0.15) is 11.3 Å². The molecule has 0 unspecified atom stereocenters. The maximum atomic E-state index is 12.7. The number of aryl methyl sites for hydroxylation is 2. The maximum Gasteiger partial charge on any atom is 0.340 e. The van der Waals surface area contributed by atoms with E-state index in [9.17, 15) is 19.2 Å². The fourth-order valence-electron chi connectivity index (χ4n) is 3.73. The molecular weight excluding hydrogens is 412 g/mol. The Balaban J connectivity index is 1.54. The van der Waals surface area contributed by atoms with Crippen molar-refractivity contribution in [1.29, 1.82) is 0 Å². The van der Waals surface area contributed by atoms with Crippen LogP contribution in [-0.4, -0.2) is 29.3 Å². The zero-order chi connectivity index (χ0) is 22.8. The van der Waals surface area contributed by atoms with Crippen molar-refractivity contribution in [2.24, 2.45) is 0 Å². The number of fused-ring (bicyclic) bond motifs is 1. The van der Waals surface area contributed by atoms with Crippen LogP contribution in [0.15, 0.2) is 51.7 Å². The van der Waals surface area contributed by atoms with E-state index in [0.29, 0.717) is 28.9 Å². The smallest absolute Gasteiger partial charge is 0.340 e. The molecule has 1 aliphatic rings. The number of hydrazine groups is 1. The van der Waals surface area contributed by atoms with Crippen molar-refractivity contribution >= 4 is 28.7 Å². The summed E-state index contributed by atoms with van der Waals surface area (Å²) >= 11 is 0. The Hall–Kier alpha value is -3.94. The van der Waals surface area contributed by atoms with Gasteiger partial charge in [0.25, 0.3) is 5.91 Å². The zero-order valence-corrected chi connectivity index (χ0v) is 17.8. The van der Waals surface area contributed by atoms with Crippen molar-refractivity contribution in [3.63, 3.8) is 0 Å². The Labute approximate surface area is 183 Å². The molecule has 3 amide bonds. The van der Waals surface area contributed by atoms with E-state index >= 15 is 0 Å². The molecular formula is C24H22N2O6. The van der Waals surface area contributed by atoms with Gasteiger partial charge >= 0.3 is 5.63 Å². The predicted octanol–water partition coefficient (Wildman–Crippen LogP) is 2.56. The lowest BCUT2D eigenvalue weighted by atomic mass is 9.98. The fraction of sp³-hybridized carbons (Fsp3) is 0.250. The minimum atomic E-state index is -0.635. The Bertz CT molecular complexity index is 1260. The first kappa shape index (κ1) is 21.3. The van der Waals surface area contributed by atoms with Crippen LogP contribution in [0, 0.1) is 13.8 Å². The molecule has 32 heavy (non-hydrogen) atoms. The lowest BCUT2D eigenvalue weighted by Crippen LogP contribution is -2.47. The summed E-state index contributed by atoms with van der Waals surface area (Å²) in [5.41, 5.74) is 5.25. The number of nitrogens with one attached hydrogen (secondary N) is 1. The molecule has 0 bridgehead atoms. The second kappa shape index (κ2) is 8.66. The summed E-state index contributed by atoms with van der Waals surface area (Å²) in [5.74, 6) is -1.17. The molecule has 4 rings (SSSR count). The molecule has 0 atom stereocenters. The number of benzene rings is 2. The topological polar surface area (TPSA) is 106 Å². The standard InChI is InChI=1S/C24H22N2O6/c1-14-17-8-9-19(31-13-20(27)25-26-21(28)10-11-22(26)29)15(2)23(17)32-24(30)18(14)12-16-6-4-3-5-7-16/h3-9H,10-13H2,1-2H3,(H,25,27). The van der Waals surface area contributed by atoms with Gasteiger partial charge in [0.15, 0.2) is 6.61 Å². The van der Waals surface area contributed by atoms with Crippen LogP contribution in [0.3, 0.4) is 0 Å². The van der Waals surface area contributed by atoms with E-state index in [-0.39, 0.29) is 12.8 Å². The van der Waals surface area contributed by atoms with Crippen LogP contribution in [0.4, 0.5) is 0 Å². The summed E-state index contributed by atoms with van der Waals surface area (Å²) in [6, 6.07) is 13.2. The molecule has 1 aliphatic heterocycles. The lowest BCUT2D eigenvalue weighted by Gasteiger charge is -2.16. The second-order valence-corrected chi connectivity index (χ2v) is 7.67. The third-order valence-electron chi connectivity index (χ3n) is 5.52. The van der Waals surface area contributed by atoms with Gasteiger partial charge in [-0.2, -0.15) is 5.01 Å². The highest BCUT2D eigenvalue weighted by Crippen LogP contribution is 2.30. The van der Waals surface area contributed by atoms with E-state index in [1.54, 1.807) is 19.1 Å². The summed E-state index contributed by atoms with van der Waals surface area (Å²) in [7, 11) is 0. The highest BCUT2D eigenvalue weighted by molar-refractivity contribution is 6.03. The molecule has 164 valence electrons. The van der Waals surface area contributed by atoms with Crippen LogP contribution in [0.1, 0.15) is 35.1 Å². The van der Waals surface area contributed by atoms with E-state index in [1.165, 1.54) is 0 Å². The first-order valence-electron chi connectivity index (χ1n) is 10.2. The van der Waals surface area contributed by atoms with Crippen molar-refractivity contribution in [3.05, 3.63) is 75.1 Å². The van der Waals surface area contributed by atoms with Gasteiger partial charge in [0, 0.05) is 35.8 Å². The number of imide groups is 1. The fourth-order valence-corrected chi connectivity index (χ4v) is 3.73. The van der Waals surface area contributed by atoms with Gasteiger partial charge in [-0.1, -0.05) is 30.3 Å². The van der Waals surface area contributed by atoms with Crippen LogP contribution >= 0.6 is 0 Å². The van der Waals surface area contributed by atoms with Gasteiger partial charge in [-0.3, -0.25) is 19.8 Å². The summed E-state index contributed by atoms with van der Waals surface area (Å²) in [4.78, 5) is 48.0. The van der Waals surface area contributed by atoms with Crippen molar-refractivity contribution in [2.75, 3.05) is 6.61 Å². The molecule has 1 aromatic heterocycles. The number of hydrogen-bond acceptors (Lipinski definition) is 6. The molecule has 1 fully saturated rings. The van der Waals surface area contributed by atoms with Crippen LogP contribution in [0.25, 0.3) is 11.0 Å². The van der Waals surface area contributed by atoms with Gasteiger partial charge in [-0.05, 0) is 37.1 Å². The van der Waals surface area contributed by atoms with Crippen molar-refractivity contribution in [2.45, 2.75) is 33.1 Å². The minimum Gasteiger partial charge on any atom is -0.483 e. The van der Waals surface area contributed by atoms with Gasteiger partial charge in [0.05, 0.1) is 0 Å². The van der Waals surface area contributed by atoms with Gasteiger partial charge in [0.2, 0.25) is 11.8 Å². The summed E-state index contributed by atoms with van der Waals surface area (Å²) in [5, 5.41) is 1.51. The van der Waals surface area contributed by atoms with Crippen LogP contribution in [0.2, 0.25) is 0 Å². The molecule has 0 saturated carbocycles. The number of ether oxygens (including phenoxy) is 1. The first-order valence-corrected chi connectivity index (χ1v) is 10.2. The van der Waals surface area contributed by atoms with Crippen molar-refractivity contribution in [1.82, 2.24) is 10.4 Å².